The molecule has 0 saturated carbocycles. The molecule has 0 aliphatic carbocycles. The van der Waals surface area contributed by atoms with Gasteiger partial charge in [-0.2, -0.15) is 0 Å². The standard InChI is InChI=1S/C72H51N5O2/c1-42(2)44-30-21-31-45(43(3)4)70(44)77-71(78)67-64(75-58-36-17-9-26-50(58)51-27-10-18-37-59(51)75)40-62(73-54-32-13-5-22-46(54)47-23-6-14-33-55(47)73)66-63(74-56-34-15-7-24-48(56)49-25-8-16-35-57(49)74)41-65(68(69(66)67)72(77)79)76-60-38-19-11-28-52(60)53-29-12-20-39-61(53)76/h5-43H,1-4H3. The average molecular weight is 1020 g/mol. The van der Waals surface area contributed by atoms with Crippen LogP contribution < -0.4 is 4.90 Å². The lowest BCUT2D eigenvalue weighted by Gasteiger charge is -2.35. The Morgan fingerprint density at radius 2 is 0.519 bits per heavy atom. The van der Waals surface area contributed by atoms with Crippen molar-refractivity contribution in [3.8, 4) is 22.7 Å². The maximum atomic E-state index is 17.3. The fourth-order valence-electron chi connectivity index (χ4n) is 13.7. The average Bonchev–Trinajstić information content (AvgIpc) is 4.41. The van der Waals surface area contributed by atoms with Crippen LogP contribution in [0.4, 0.5) is 5.69 Å². The molecule has 0 atom stereocenters. The molecule has 4 aromatic heterocycles. The number of para-hydroxylation sites is 9. The molecule has 79 heavy (non-hydrogen) atoms. The summed E-state index contributed by atoms with van der Waals surface area (Å²) in [6, 6.07) is 79.2. The lowest BCUT2D eigenvalue weighted by molar-refractivity contribution is 0.0893. The normalized spacial score (nSPS) is 13.1. The quantitative estimate of drug-likeness (QED) is 0.149. The van der Waals surface area contributed by atoms with E-state index in [2.05, 4.69) is 270 Å². The number of nitrogens with zero attached hydrogens (tertiary/aromatic N) is 5. The van der Waals surface area contributed by atoms with Gasteiger partial charge in [0.2, 0.25) is 0 Å². The van der Waals surface area contributed by atoms with E-state index in [9.17, 15) is 0 Å². The molecule has 7 heteroatoms. The number of hydrogen-bond acceptors (Lipinski definition) is 2. The summed E-state index contributed by atoms with van der Waals surface area (Å²) in [6.45, 7) is 8.61. The maximum Gasteiger partial charge on any atom is 0.268 e. The topological polar surface area (TPSA) is 57.1 Å². The first-order valence-corrected chi connectivity index (χ1v) is 27.4. The number of benzene rings is 11. The predicted octanol–water partition coefficient (Wildman–Crippen LogP) is 18.3. The van der Waals surface area contributed by atoms with Crippen molar-refractivity contribution >= 4 is 115 Å². The van der Waals surface area contributed by atoms with Crippen molar-refractivity contribution in [3.05, 3.63) is 247 Å². The highest BCUT2D eigenvalue weighted by Gasteiger charge is 2.43. The molecule has 0 fully saturated rings. The van der Waals surface area contributed by atoms with Crippen LogP contribution in [0.25, 0.3) is 121 Å². The van der Waals surface area contributed by atoms with Crippen LogP contribution in [0.2, 0.25) is 0 Å². The Labute approximate surface area is 455 Å². The van der Waals surface area contributed by atoms with Crippen molar-refractivity contribution in [2.45, 2.75) is 39.5 Å². The van der Waals surface area contributed by atoms with Gasteiger partial charge in [-0.15, -0.1) is 0 Å². The molecule has 15 aromatic rings. The molecule has 0 radical (unpaired) electrons. The highest BCUT2D eigenvalue weighted by Crippen LogP contribution is 2.51. The number of aromatic nitrogens is 4. The smallest absolute Gasteiger partial charge is 0.268 e. The van der Waals surface area contributed by atoms with E-state index in [1.54, 1.807) is 4.90 Å². The second kappa shape index (κ2) is 16.8. The molecule has 7 nitrogen and oxygen atoms in total. The molecule has 376 valence electrons. The fourth-order valence-corrected chi connectivity index (χ4v) is 13.7. The van der Waals surface area contributed by atoms with Gasteiger partial charge in [-0.3, -0.25) is 9.59 Å². The lowest BCUT2D eigenvalue weighted by atomic mass is 9.86. The largest absolute Gasteiger partial charge is 0.308 e. The van der Waals surface area contributed by atoms with Gasteiger partial charge in [-0.1, -0.05) is 191 Å². The Balaban J connectivity index is 1.22. The molecule has 2 amide bonds. The van der Waals surface area contributed by atoms with Gasteiger partial charge in [0.05, 0.1) is 83.7 Å². The van der Waals surface area contributed by atoms with Gasteiger partial charge in [-0.05, 0) is 83.6 Å². The number of hydrogen-bond donors (Lipinski definition) is 0. The van der Waals surface area contributed by atoms with E-state index >= 15 is 9.59 Å². The van der Waals surface area contributed by atoms with E-state index in [1.165, 1.54) is 0 Å². The van der Waals surface area contributed by atoms with E-state index in [1.807, 2.05) is 0 Å². The highest BCUT2D eigenvalue weighted by molar-refractivity contribution is 6.40. The third kappa shape index (κ3) is 6.12. The number of fused-ring (bicyclic) bond motifs is 12. The summed E-state index contributed by atoms with van der Waals surface area (Å²) >= 11 is 0. The van der Waals surface area contributed by atoms with Gasteiger partial charge in [0, 0.05) is 53.9 Å². The maximum absolute atomic E-state index is 17.3. The summed E-state index contributed by atoms with van der Waals surface area (Å²) in [6.07, 6.45) is 0. The molecule has 1 aliphatic rings. The van der Waals surface area contributed by atoms with Gasteiger partial charge in [0.1, 0.15) is 0 Å². The van der Waals surface area contributed by atoms with Crippen LogP contribution in [0.15, 0.2) is 224 Å². The van der Waals surface area contributed by atoms with Gasteiger partial charge >= 0.3 is 0 Å². The summed E-state index contributed by atoms with van der Waals surface area (Å²) in [5.74, 6) is -0.759. The minimum absolute atomic E-state index is 0.0142. The minimum atomic E-state index is -0.365. The summed E-state index contributed by atoms with van der Waals surface area (Å²) in [7, 11) is 0. The molecule has 5 heterocycles. The third-order valence-electron chi connectivity index (χ3n) is 17.0. The van der Waals surface area contributed by atoms with Gasteiger partial charge < -0.3 is 18.3 Å². The van der Waals surface area contributed by atoms with Crippen molar-refractivity contribution in [1.29, 1.82) is 0 Å². The van der Waals surface area contributed by atoms with Crippen molar-refractivity contribution in [1.82, 2.24) is 18.3 Å². The van der Waals surface area contributed by atoms with Crippen LogP contribution in [0, 0.1) is 0 Å². The zero-order valence-electron chi connectivity index (χ0n) is 44.1. The molecule has 11 aromatic carbocycles. The van der Waals surface area contributed by atoms with E-state index in [-0.39, 0.29) is 23.7 Å². The molecule has 1 aliphatic heterocycles. The SMILES string of the molecule is CC(C)c1cccc(C(C)C)c1N1C(=O)c2c(-n3c4ccccc4c4ccccc43)cc(-n3c4ccccc4c4ccccc43)c3c(-n4c5ccccc5c5ccccc54)cc(-n4c5ccccc5c5ccccc54)c(c23)C1=O. The number of carbonyl (C=O) groups excluding carboxylic acids is 2. The van der Waals surface area contributed by atoms with Gasteiger partial charge in [0.15, 0.2) is 0 Å². The van der Waals surface area contributed by atoms with Crippen molar-refractivity contribution in [2.75, 3.05) is 4.90 Å². The van der Waals surface area contributed by atoms with E-state index in [4.69, 9.17) is 0 Å². The molecule has 0 saturated heterocycles. The second-order valence-electron chi connectivity index (χ2n) is 21.8. The molecule has 16 rings (SSSR count). The van der Waals surface area contributed by atoms with Crippen LogP contribution >= 0.6 is 0 Å². The Morgan fingerprint density at radius 3 is 0.772 bits per heavy atom. The predicted molar refractivity (Wildman–Crippen MR) is 327 cm³/mol. The van der Waals surface area contributed by atoms with Crippen molar-refractivity contribution in [2.24, 2.45) is 0 Å². The highest BCUT2D eigenvalue weighted by atomic mass is 16.2. The minimum Gasteiger partial charge on any atom is -0.308 e. The molecule has 0 N–H and O–H groups in total. The number of carbonyl (C=O) groups is 2. The van der Waals surface area contributed by atoms with E-state index < -0.39 is 0 Å². The lowest BCUT2D eigenvalue weighted by Crippen LogP contribution is -2.43. The monoisotopic (exact) mass is 1020 g/mol. The van der Waals surface area contributed by atoms with Crippen molar-refractivity contribution in [3.63, 3.8) is 0 Å². The van der Waals surface area contributed by atoms with E-state index in [0.717, 1.165) is 115 Å². The summed E-state index contributed by atoms with van der Waals surface area (Å²) < 4.78 is 9.35. The first-order chi connectivity index (χ1) is 38.8. The first kappa shape index (κ1) is 45.2. The number of amides is 2. The van der Waals surface area contributed by atoms with Gasteiger partial charge in [0.25, 0.3) is 11.8 Å². The summed E-state index contributed by atoms with van der Waals surface area (Å²) in [4.78, 5) is 36.1. The Hall–Kier alpha value is -9.98. The van der Waals surface area contributed by atoms with Crippen LogP contribution in [-0.4, -0.2) is 30.1 Å². The fraction of sp³-hybridized carbons (Fsp3) is 0.0833. The molecule has 0 unspecified atom stereocenters. The van der Waals surface area contributed by atoms with Crippen LogP contribution in [-0.2, 0) is 0 Å². The molecular formula is C72H51N5O2. The third-order valence-corrected chi connectivity index (χ3v) is 17.0. The zero-order chi connectivity index (χ0) is 52.9. The number of rotatable bonds is 7. The second-order valence-corrected chi connectivity index (χ2v) is 21.8. The Bertz CT molecular complexity index is 4630. The number of anilines is 1. The summed E-state index contributed by atoms with van der Waals surface area (Å²) in [5, 5.41) is 10.1. The molecule has 0 bridgehead atoms. The van der Waals surface area contributed by atoms with Crippen LogP contribution in [0.1, 0.15) is 71.4 Å². The molecule has 0 spiro atoms. The van der Waals surface area contributed by atoms with Crippen LogP contribution in [0.5, 0.6) is 0 Å². The first-order valence-electron chi connectivity index (χ1n) is 27.4. The zero-order valence-corrected chi connectivity index (χ0v) is 44.1. The van der Waals surface area contributed by atoms with Crippen LogP contribution in [0.3, 0.4) is 0 Å². The summed E-state index contributed by atoms with van der Waals surface area (Å²) in [5.41, 5.74) is 14.4. The van der Waals surface area contributed by atoms with E-state index in [0.29, 0.717) is 33.6 Å². The molecular weight excluding hydrogens is 967 g/mol. The van der Waals surface area contributed by atoms with Gasteiger partial charge in [-0.25, -0.2) is 4.90 Å². The Kier molecular flexibility index (Phi) is 9.60. The van der Waals surface area contributed by atoms with Crippen molar-refractivity contribution < 1.29 is 9.59 Å². The Morgan fingerprint density at radius 1 is 0.278 bits per heavy atom. The number of imide groups is 1.